The van der Waals surface area contributed by atoms with Crippen molar-refractivity contribution in [2.45, 2.75) is 38.3 Å². The van der Waals surface area contributed by atoms with E-state index in [0.717, 1.165) is 30.1 Å². The molecule has 0 saturated carbocycles. The quantitative estimate of drug-likeness (QED) is 0.868. The number of amides is 1. The zero-order valence-corrected chi connectivity index (χ0v) is 13.4. The summed E-state index contributed by atoms with van der Waals surface area (Å²) in [5, 5.41) is 4.01. The number of hydrogen-bond acceptors (Lipinski definition) is 4. The molecule has 5 nitrogen and oxygen atoms in total. The molecule has 21 heavy (non-hydrogen) atoms. The Morgan fingerprint density at radius 2 is 2.38 bits per heavy atom. The third-order valence-corrected chi connectivity index (χ3v) is 5.23. The Balaban J connectivity index is 1.73. The second-order valence-corrected chi connectivity index (χ2v) is 7.42. The molecular formula is C14H17ClN4OS. The molecule has 7 heteroatoms. The van der Waals surface area contributed by atoms with Gasteiger partial charge in [0.2, 0.25) is 5.91 Å². The van der Waals surface area contributed by atoms with Crippen LogP contribution in [0.25, 0.3) is 0 Å². The highest BCUT2D eigenvalue weighted by atomic mass is 35.5. The van der Waals surface area contributed by atoms with E-state index in [1.165, 1.54) is 11.2 Å². The van der Waals surface area contributed by atoms with Gasteiger partial charge in [0.25, 0.3) is 0 Å². The Morgan fingerprint density at radius 1 is 1.52 bits per heavy atom. The monoisotopic (exact) mass is 324 g/mol. The maximum Gasteiger partial charge on any atom is 0.244 e. The molecular weight excluding hydrogens is 308 g/mol. The summed E-state index contributed by atoms with van der Waals surface area (Å²) in [6, 6.07) is 3.97. The molecule has 1 fully saturated rings. The fourth-order valence-corrected chi connectivity index (χ4v) is 4.26. The molecule has 0 aliphatic carbocycles. The van der Waals surface area contributed by atoms with Gasteiger partial charge >= 0.3 is 0 Å². The van der Waals surface area contributed by atoms with Crippen LogP contribution in [-0.4, -0.2) is 37.7 Å². The molecule has 1 aliphatic heterocycles. The minimum Gasteiger partial charge on any atom is -0.335 e. The van der Waals surface area contributed by atoms with Gasteiger partial charge < -0.3 is 4.90 Å². The molecule has 1 saturated heterocycles. The van der Waals surface area contributed by atoms with E-state index in [1.807, 2.05) is 11.0 Å². The van der Waals surface area contributed by atoms with Gasteiger partial charge in [0.1, 0.15) is 19.2 Å². The van der Waals surface area contributed by atoms with Crippen LogP contribution in [0.4, 0.5) is 0 Å². The number of carbonyl (C=O) groups is 1. The van der Waals surface area contributed by atoms with Gasteiger partial charge in [-0.2, -0.15) is 5.10 Å². The van der Waals surface area contributed by atoms with E-state index in [0.29, 0.717) is 0 Å². The molecule has 0 unspecified atom stereocenters. The lowest BCUT2D eigenvalue weighted by atomic mass is 9.93. The normalized spacial score (nSPS) is 21.9. The highest BCUT2D eigenvalue weighted by Gasteiger charge is 2.39. The predicted molar refractivity (Wildman–Crippen MR) is 82.4 cm³/mol. The van der Waals surface area contributed by atoms with Gasteiger partial charge in [-0.25, -0.2) is 9.67 Å². The number of nitrogens with zero attached hydrogens (tertiary/aromatic N) is 4. The summed E-state index contributed by atoms with van der Waals surface area (Å²) in [6.45, 7) is 3.22. The summed E-state index contributed by atoms with van der Waals surface area (Å²) in [5.74, 6) is 0.100. The number of hydrogen-bond donors (Lipinski definition) is 0. The van der Waals surface area contributed by atoms with Gasteiger partial charge in [0.05, 0.1) is 4.34 Å². The molecule has 3 heterocycles. The first kappa shape index (κ1) is 14.5. The SMILES string of the molecule is C[C@]1(Cc2ccc(Cl)s2)CCCN1C(=O)Cn1cncn1. The van der Waals surface area contributed by atoms with Crippen molar-refractivity contribution in [2.24, 2.45) is 0 Å². The topological polar surface area (TPSA) is 51.0 Å². The molecule has 2 aromatic rings. The zero-order chi connectivity index (χ0) is 14.9. The van der Waals surface area contributed by atoms with E-state index < -0.39 is 0 Å². The minimum atomic E-state index is -0.133. The number of thiophene rings is 1. The average Bonchev–Trinajstić information content (AvgIpc) is 3.13. The van der Waals surface area contributed by atoms with Gasteiger partial charge in [0, 0.05) is 23.4 Å². The molecule has 0 spiro atoms. The highest BCUT2D eigenvalue weighted by Crippen LogP contribution is 2.35. The maximum absolute atomic E-state index is 12.5. The zero-order valence-electron chi connectivity index (χ0n) is 11.8. The Bertz CT molecular complexity index is 627. The minimum absolute atomic E-state index is 0.100. The first-order valence-electron chi connectivity index (χ1n) is 6.94. The second kappa shape index (κ2) is 5.77. The molecule has 1 amide bonds. The highest BCUT2D eigenvalue weighted by molar-refractivity contribution is 7.16. The van der Waals surface area contributed by atoms with Crippen LogP contribution in [0.5, 0.6) is 0 Å². The molecule has 1 atom stereocenters. The molecule has 0 bridgehead atoms. The number of carbonyl (C=O) groups excluding carboxylic acids is 1. The largest absolute Gasteiger partial charge is 0.335 e. The lowest BCUT2D eigenvalue weighted by Gasteiger charge is -2.35. The van der Waals surface area contributed by atoms with Gasteiger partial charge in [0.15, 0.2) is 0 Å². The summed E-state index contributed by atoms with van der Waals surface area (Å²) >= 11 is 7.60. The van der Waals surface area contributed by atoms with Crippen molar-refractivity contribution in [3.8, 4) is 0 Å². The molecule has 0 N–H and O–H groups in total. The smallest absolute Gasteiger partial charge is 0.244 e. The summed E-state index contributed by atoms with van der Waals surface area (Å²) < 4.78 is 2.37. The van der Waals surface area contributed by atoms with Crippen molar-refractivity contribution in [1.82, 2.24) is 19.7 Å². The Kier molecular flexibility index (Phi) is 3.99. The summed E-state index contributed by atoms with van der Waals surface area (Å²) in [6.07, 6.45) is 5.94. The van der Waals surface area contributed by atoms with Crippen molar-refractivity contribution in [3.63, 3.8) is 0 Å². The van der Waals surface area contributed by atoms with Crippen molar-refractivity contribution in [3.05, 3.63) is 34.0 Å². The van der Waals surface area contributed by atoms with E-state index in [4.69, 9.17) is 11.6 Å². The van der Waals surface area contributed by atoms with E-state index in [2.05, 4.69) is 23.1 Å². The van der Waals surface area contributed by atoms with Gasteiger partial charge in [-0.15, -0.1) is 11.3 Å². The Labute approximate surface area is 132 Å². The first-order chi connectivity index (χ1) is 10.1. The molecule has 112 valence electrons. The molecule has 2 aromatic heterocycles. The Hall–Kier alpha value is -1.40. The van der Waals surface area contributed by atoms with Crippen molar-refractivity contribution >= 4 is 28.8 Å². The Morgan fingerprint density at radius 3 is 3.05 bits per heavy atom. The molecule has 1 aliphatic rings. The van der Waals surface area contributed by atoms with Crippen LogP contribution in [-0.2, 0) is 17.8 Å². The van der Waals surface area contributed by atoms with Crippen LogP contribution in [0, 0.1) is 0 Å². The average molecular weight is 325 g/mol. The number of halogens is 1. The molecule has 0 aromatic carbocycles. The number of likely N-dealkylation sites (tertiary alicyclic amines) is 1. The fourth-order valence-electron chi connectivity index (χ4n) is 2.99. The maximum atomic E-state index is 12.5. The summed E-state index contributed by atoms with van der Waals surface area (Å²) in [4.78, 5) is 19.6. The van der Waals surface area contributed by atoms with Crippen LogP contribution in [0.15, 0.2) is 24.8 Å². The number of aromatic nitrogens is 3. The lowest BCUT2D eigenvalue weighted by molar-refractivity contribution is -0.135. The van der Waals surface area contributed by atoms with Gasteiger partial charge in [-0.05, 0) is 31.9 Å². The standard InChI is InChI=1S/C14H17ClN4OS/c1-14(7-11-3-4-12(15)21-11)5-2-6-19(14)13(20)8-18-10-16-9-17-18/h3-4,9-10H,2,5-8H2,1H3/t14-/m1/s1. The summed E-state index contributed by atoms with van der Waals surface area (Å²) in [7, 11) is 0. The van der Waals surface area contributed by atoms with Crippen molar-refractivity contribution < 1.29 is 4.79 Å². The van der Waals surface area contributed by atoms with Crippen LogP contribution >= 0.6 is 22.9 Å². The van der Waals surface area contributed by atoms with E-state index in [9.17, 15) is 4.79 Å². The lowest BCUT2D eigenvalue weighted by Crippen LogP contribution is -2.47. The van der Waals surface area contributed by atoms with Crippen molar-refractivity contribution in [1.29, 1.82) is 0 Å². The van der Waals surface area contributed by atoms with E-state index in [-0.39, 0.29) is 18.0 Å². The van der Waals surface area contributed by atoms with Crippen molar-refractivity contribution in [2.75, 3.05) is 6.54 Å². The van der Waals surface area contributed by atoms with Crippen LogP contribution in [0.2, 0.25) is 4.34 Å². The van der Waals surface area contributed by atoms with Crippen LogP contribution in [0.1, 0.15) is 24.6 Å². The second-order valence-electron chi connectivity index (χ2n) is 5.62. The third kappa shape index (κ3) is 3.11. The van der Waals surface area contributed by atoms with Gasteiger partial charge in [-0.3, -0.25) is 4.79 Å². The van der Waals surface area contributed by atoms with Crippen LogP contribution < -0.4 is 0 Å². The molecule has 0 radical (unpaired) electrons. The third-order valence-electron chi connectivity index (χ3n) is 4.00. The predicted octanol–water partition coefficient (Wildman–Crippen LogP) is 2.62. The van der Waals surface area contributed by atoms with E-state index >= 15 is 0 Å². The first-order valence-corrected chi connectivity index (χ1v) is 8.13. The fraction of sp³-hybridized carbons (Fsp3) is 0.500. The molecule has 3 rings (SSSR count). The summed E-state index contributed by atoms with van der Waals surface area (Å²) in [5.41, 5.74) is -0.133. The number of rotatable bonds is 4. The van der Waals surface area contributed by atoms with Crippen LogP contribution in [0.3, 0.4) is 0 Å². The van der Waals surface area contributed by atoms with E-state index in [1.54, 1.807) is 22.3 Å². The van der Waals surface area contributed by atoms with Gasteiger partial charge in [-0.1, -0.05) is 11.6 Å².